The monoisotopic (exact) mass is 390 g/mol. The number of piperidine rings is 1. The molecule has 2 heterocycles. The van der Waals surface area contributed by atoms with Gasteiger partial charge in [0.2, 0.25) is 15.9 Å². The lowest BCUT2D eigenvalue weighted by Gasteiger charge is -2.38. The number of benzene rings is 1. The van der Waals surface area contributed by atoms with Crippen molar-refractivity contribution in [1.82, 2.24) is 9.62 Å². The van der Waals surface area contributed by atoms with Crippen molar-refractivity contribution in [3.05, 3.63) is 29.8 Å². The molecule has 5 nitrogen and oxygen atoms in total. The van der Waals surface area contributed by atoms with Crippen LogP contribution >= 0.6 is 11.8 Å². The minimum Gasteiger partial charge on any atom is -0.336 e. The van der Waals surface area contributed by atoms with Crippen molar-refractivity contribution < 1.29 is 22.0 Å². The third kappa shape index (κ3) is 3.68. The first kappa shape index (κ1) is 18.6. The molecule has 2 aliphatic rings. The van der Waals surface area contributed by atoms with E-state index < -0.39 is 33.1 Å². The fraction of sp³-hybridized carbons (Fsp3) is 0.562. The normalized spacial score (nSPS) is 26.0. The Morgan fingerprint density at radius 2 is 1.80 bits per heavy atom. The van der Waals surface area contributed by atoms with Crippen LogP contribution in [0.3, 0.4) is 0 Å². The van der Waals surface area contributed by atoms with E-state index in [1.807, 2.05) is 4.72 Å². The van der Waals surface area contributed by atoms with Crippen molar-refractivity contribution in [2.45, 2.75) is 47.9 Å². The van der Waals surface area contributed by atoms with Gasteiger partial charge in [-0.3, -0.25) is 4.79 Å². The van der Waals surface area contributed by atoms with Gasteiger partial charge in [0.05, 0.1) is 6.54 Å². The maximum atomic E-state index is 13.7. The molecule has 1 amide bonds. The first-order valence-electron chi connectivity index (χ1n) is 8.11. The molecule has 25 heavy (non-hydrogen) atoms. The van der Waals surface area contributed by atoms with E-state index in [1.165, 1.54) is 0 Å². The lowest BCUT2D eigenvalue weighted by atomic mass is 10.0. The number of hydrogen-bond acceptors (Lipinski definition) is 4. The molecule has 2 bridgehead atoms. The van der Waals surface area contributed by atoms with Gasteiger partial charge in [-0.25, -0.2) is 21.9 Å². The van der Waals surface area contributed by atoms with Gasteiger partial charge in [0.15, 0.2) is 4.90 Å². The minimum absolute atomic E-state index is 0.124. The number of carbonyl (C=O) groups excluding carboxylic acids is 1. The van der Waals surface area contributed by atoms with Gasteiger partial charge < -0.3 is 4.90 Å². The Morgan fingerprint density at radius 1 is 1.24 bits per heavy atom. The molecule has 2 saturated heterocycles. The van der Waals surface area contributed by atoms with Crippen molar-refractivity contribution in [2.24, 2.45) is 0 Å². The first-order valence-corrected chi connectivity index (χ1v) is 10.9. The van der Waals surface area contributed by atoms with Crippen LogP contribution in [0.2, 0.25) is 0 Å². The second-order valence-corrected chi connectivity index (χ2v) is 9.23. The van der Waals surface area contributed by atoms with Crippen LogP contribution in [0.1, 0.15) is 25.7 Å². The number of fused-ring (bicyclic) bond motifs is 2. The van der Waals surface area contributed by atoms with Gasteiger partial charge in [-0.1, -0.05) is 6.07 Å². The van der Waals surface area contributed by atoms with E-state index in [4.69, 9.17) is 0 Å². The molecule has 1 N–H and O–H groups in total. The number of rotatable bonds is 5. The molecule has 0 saturated carbocycles. The van der Waals surface area contributed by atoms with Gasteiger partial charge in [-0.05, 0) is 44.1 Å². The lowest BCUT2D eigenvalue weighted by Crippen LogP contribution is -2.50. The molecular weight excluding hydrogens is 370 g/mol. The zero-order valence-corrected chi connectivity index (χ0v) is 15.4. The summed E-state index contributed by atoms with van der Waals surface area (Å²) < 4.78 is 53.8. The zero-order chi connectivity index (χ0) is 18.2. The number of nitrogens with one attached hydrogen (secondary N) is 1. The highest BCUT2D eigenvalue weighted by atomic mass is 32.2. The Labute approximate surface area is 150 Å². The topological polar surface area (TPSA) is 66.5 Å². The molecule has 2 aliphatic heterocycles. The highest BCUT2D eigenvalue weighted by molar-refractivity contribution is 7.99. The van der Waals surface area contributed by atoms with Crippen LogP contribution in [0.5, 0.6) is 0 Å². The quantitative estimate of drug-likeness (QED) is 0.837. The maximum absolute atomic E-state index is 13.7. The van der Waals surface area contributed by atoms with Crippen molar-refractivity contribution in [2.75, 3.05) is 12.8 Å². The maximum Gasteiger partial charge on any atom is 0.246 e. The molecular formula is C16H20F2N2O3S2. The largest absolute Gasteiger partial charge is 0.336 e. The van der Waals surface area contributed by atoms with Gasteiger partial charge in [0.1, 0.15) is 11.6 Å². The predicted molar refractivity (Wildman–Crippen MR) is 91.7 cm³/mol. The van der Waals surface area contributed by atoms with Crippen LogP contribution in [-0.4, -0.2) is 49.4 Å². The summed E-state index contributed by atoms with van der Waals surface area (Å²) in [5.74, 6) is -2.70. The molecule has 1 aromatic rings. The third-order valence-electron chi connectivity index (χ3n) is 4.91. The molecule has 1 unspecified atom stereocenters. The van der Waals surface area contributed by atoms with E-state index in [9.17, 15) is 22.0 Å². The molecule has 9 heteroatoms. The summed E-state index contributed by atoms with van der Waals surface area (Å²) in [6, 6.07) is 3.07. The van der Waals surface area contributed by atoms with Crippen molar-refractivity contribution in [1.29, 1.82) is 0 Å². The number of nitrogens with zero attached hydrogens (tertiary/aromatic N) is 1. The van der Waals surface area contributed by atoms with Crippen LogP contribution in [-0.2, 0) is 14.8 Å². The van der Waals surface area contributed by atoms with Gasteiger partial charge in [0, 0.05) is 17.3 Å². The number of sulfonamides is 1. The average molecular weight is 390 g/mol. The Morgan fingerprint density at radius 3 is 2.32 bits per heavy atom. The van der Waals surface area contributed by atoms with E-state index in [-0.39, 0.29) is 18.0 Å². The lowest BCUT2D eigenvalue weighted by molar-refractivity contribution is -0.134. The number of thioether (sulfide) groups is 1. The van der Waals surface area contributed by atoms with Crippen LogP contribution in [0.15, 0.2) is 23.1 Å². The molecule has 2 fully saturated rings. The van der Waals surface area contributed by atoms with Crippen molar-refractivity contribution in [3.63, 3.8) is 0 Å². The van der Waals surface area contributed by atoms with E-state index >= 15 is 0 Å². The fourth-order valence-corrected chi connectivity index (χ4v) is 5.72. The molecule has 3 atom stereocenters. The first-order chi connectivity index (χ1) is 11.8. The van der Waals surface area contributed by atoms with E-state index in [0.717, 1.165) is 43.9 Å². The van der Waals surface area contributed by atoms with Crippen LogP contribution in [0, 0.1) is 11.6 Å². The summed E-state index contributed by atoms with van der Waals surface area (Å²) in [5.41, 5.74) is 0. The Bertz CT molecular complexity index is 738. The third-order valence-corrected chi connectivity index (χ3v) is 7.42. The molecule has 0 radical (unpaired) electrons. The van der Waals surface area contributed by atoms with Crippen molar-refractivity contribution in [3.8, 4) is 0 Å². The second-order valence-electron chi connectivity index (χ2n) is 6.39. The average Bonchev–Trinajstić information content (AvgIpc) is 2.82. The van der Waals surface area contributed by atoms with Gasteiger partial charge in [-0.2, -0.15) is 11.8 Å². The number of amides is 1. The van der Waals surface area contributed by atoms with Gasteiger partial charge in [-0.15, -0.1) is 0 Å². The summed E-state index contributed by atoms with van der Waals surface area (Å²) in [4.78, 5) is 13.2. The number of hydrogen-bond donors (Lipinski definition) is 1. The molecule has 0 aromatic heterocycles. The highest BCUT2D eigenvalue weighted by Crippen LogP contribution is 2.39. The predicted octanol–water partition coefficient (Wildman–Crippen LogP) is 2.13. The van der Waals surface area contributed by atoms with E-state index in [1.54, 1.807) is 16.7 Å². The molecule has 0 spiro atoms. The van der Waals surface area contributed by atoms with Crippen LogP contribution in [0.25, 0.3) is 0 Å². The Kier molecular flexibility index (Phi) is 5.36. The minimum atomic E-state index is -4.44. The summed E-state index contributed by atoms with van der Waals surface area (Å²) in [7, 11) is -4.44. The highest BCUT2D eigenvalue weighted by Gasteiger charge is 2.43. The standard InChI is InChI=1S/C16H20F2N2O3S2/c1-24-12-7-10-5-6-11(8-12)20(10)15(21)9-19-25(22,23)16-13(17)3-2-4-14(16)18/h2-4,10-12,19H,5-9H2,1H3/t10-,11+,12?. The Hall–Kier alpha value is -1.19. The number of halogens is 2. The summed E-state index contributed by atoms with van der Waals surface area (Å²) >= 11 is 1.79. The number of carbonyl (C=O) groups is 1. The fourth-order valence-electron chi connectivity index (χ4n) is 3.79. The summed E-state index contributed by atoms with van der Waals surface area (Å²) in [6.07, 6.45) is 5.69. The van der Waals surface area contributed by atoms with Gasteiger partial charge >= 0.3 is 0 Å². The molecule has 138 valence electrons. The SMILES string of the molecule is CSC1C[C@H]2CC[C@@H](C1)N2C(=O)CNS(=O)(=O)c1c(F)cccc1F. The zero-order valence-electron chi connectivity index (χ0n) is 13.7. The molecule has 3 rings (SSSR count). The smallest absolute Gasteiger partial charge is 0.246 e. The second kappa shape index (κ2) is 7.20. The summed E-state index contributed by atoms with van der Waals surface area (Å²) in [5, 5.41) is 0.519. The summed E-state index contributed by atoms with van der Waals surface area (Å²) in [6.45, 7) is -0.493. The Balaban J connectivity index is 1.69. The van der Waals surface area contributed by atoms with Crippen molar-refractivity contribution >= 4 is 27.7 Å². The van der Waals surface area contributed by atoms with Crippen LogP contribution < -0.4 is 4.72 Å². The van der Waals surface area contributed by atoms with E-state index in [0.29, 0.717) is 5.25 Å². The van der Waals surface area contributed by atoms with Crippen LogP contribution in [0.4, 0.5) is 8.78 Å². The van der Waals surface area contributed by atoms with E-state index in [2.05, 4.69) is 6.26 Å². The molecule has 0 aliphatic carbocycles. The van der Waals surface area contributed by atoms with Gasteiger partial charge in [0.25, 0.3) is 0 Å². The molecule has 1 aromatic carbocycles.